The lowest BCUT2D eigenvalue weighted by Gasteiger charge is -2.13. The zero-order valence-electron chi connectivity index (χ0n) is 14.5. The van der Waals surface area contributed by atoms with Crippen LogP contribution in [-0.4, -0.2) is 35.4 Å². The molecular formula is C15H17ClF3N7O2. The fourth-order valence-corrected chi connectivity index (χ4v) is 2.17. The standard InChI is InChI=1S/C15H17ClF3N7O2/c1-2-9(11(21)27)25-14(23)26-13(10(20)12(22)28)24-6-3-4-7(8(16)5-6)15(17,18)19/h3-5,9,20H,2H2,1H3,(H2,21,27)(H2,22,28)(H3,23,24,25,26)/t9-/m1/s1. The van der Waals surface area contributed by atoms with Gasteiger partial charge < -0.3 is 22.5 Å². The highest BCUT2D eigenvalue weighted by Crippen LogP contribution is 2.35. The van der Waals surface area contributed by atoms with Gasteiger partial charge >= 0.3 is 6.18 Å². The van der Waals surface area contributed by atoms with Crippen molar-refractivity contribution in [2.45, 2.75) is 25.6 Å². The summed E-state index contributed by atoms with van der Waals surface area (Å²) < 4.78 is 38.3. The molecule has 0 aliphatic carbocycles. The molecule has 0 aromatic heterocycles. The van der Waals surface area contributed by atoms with E-state index in [1.54, 1.807) is 6.92 Å². The number of benzene rings is 1. The second-order valence-electron chi connectivity index (χ2n) is 5.33. The summed E-state index contributed by atoms with van der Waals surface area (Å²) in [7, 11) is 0. The number of alkyl halides is 3. The van der Waals surface area contributed by atoms with Crippen molar-refractivity contribution < 1.29 is 22.8 Å². The molecule has 1 rings (SSSR count). The number of nitrogens with zero attached hydrogens (tertiary/aromatic N) is 2. The van der Waals surface area contributed by atoms with Gasteiger partial charge in [0.05, 0.1) is 10.6 Å². The summed E-state index contributed by atoms with van der Waals surface area (Å²) in [6.45, 7) is 1.62. The predicted octanol–water partition coefficient (Wildman–Crippen LogP) is 1.25. The van der Waals surface area contributed by atoms with Crippen LogP contribution in [0.1, 0.15) is 18.9 Å². The first-order valence-corrected chi connectivity index (χ1v) is 7.98. The lowest BCUT2D eigenvalue weighted by atomic mass is 10.2. The Morgan fingerprint density at radius 3 is 2.32 bits per heavy atom. The van der Waals surface area contributed by atoms with E-state index in [0.29, 0.717) is 6.07 Å². The topological polar surface area (TPSA) is 173 Å². The van der Waals surface area contributed by atoms with Crippen LogP contribution in [0.15, 0.2) is 28.2 Å². The molecule has 2 amide bonds. The second-order valence-corrected chi connectivity index (χ2v) is 5.74. The Kier molecular flexibility index (Phi) is 7.50. The molecule has 0 saturated heterocycles. The summed E-state index contributed by atoms with van der Waals surface area (Å²) in [6.07, 6.45) is -4.44. The maximum absolute atomic E-state index is 12.8. The summed E-state index contributed by atoms with van der Waals surface area (Å²) in [5.74, 6) is -2.98. The normalized spacial score (nSPS) is 13.8. The molecule has 28 heavy (non-hydrogen) atoms. The number of amides is 2. The number of nitrogens with two attached hydrogens (primary N) is 3. The average molecular weight is 420 g/mol. The molecule has 0 heterocycles. The molecule has 152 valence electrons. The van der Waals surface area contributed by atoms with E-state index in [0.717, 1.165) is 12.1 Å². The third-order valence-electron chi connectivity index (χ3n) is 3.25. The molecule has 0 aliphatic heterocycles. The van der Waals surface area contributed by atoms with E-state index < -0.39 is 52.1 Å². The van der Waals surface area contributed by atoms with E-state index in [4.69, 9.17) is 34.2 Å². The van der Waals surface area contributed by atoms with Crippen LogP contribution in [-0.2, 0) is 15.8 Å². The van der Waals surface area contributed by atoms with Gasteiger partial charge in [-0.15, -0.1) is 0 Å². The maximum atomic E-state index is 12.8. The van der Waals surface area contributed by atoms with Crippen LogP contribution >= 0.6 is 11.6 Å². The monoisotopic (exact) mass is 419 g/mol. The van der Waals surface area contributed by atoms with Gasteiger partial charge in [0.1, 0.15) is 6.04 Å². The number of carbonyl (C=O) groups is 2. The number of primary amides is 2. The van der Waals surface area contributed by atoms with Crippen LogP contribution in [0.4, 0.5) is 18.9 Å². The first-order valence-electron chi connectivity index (χ1n) is 7.60. The van der Waals surface area contributed by atoms with Gasteiger partial charge in [0.25, 0.3) is 5.91 Å². The van der Waals surface area contributed by atoms with Crippen LogP contribution < -0.4 is 22.5 Å². The highest BCUT2D eigenvalue weighted by Gasteiger charge is 2.33. The third-order valence-corrected chi connectivity index (χ3v) is 3.56. The number of aliphatic imine (C=N–C) groups is 2. The molecule has 13 heteroatoms. The Labute approximate surface area is 162 Å². The molecule has 9 nitrogen and oxygen atoms in total. The van der Waals surface area contributed by atoms with Gasteiger partial charge in [-0.2, -0.15) is 18.2 Å². The van der Waals surface area contributed by atoms with Crippen molar-refractivity contribution >= 4 is 46.6 Å². The van der Waals surface area contributed by atoms with Crippen molar-refractivity contribution in [2.75, 3.05) is 5.32 Å². The minimum absolute atomic E-state index is 0.0301. The summed E-state index contributed by atoms with van der Waals surface area (Å²) in [6, 6.07) is 1.63. The molecule has 0 saturated carbocycles. The van der Waals surface area contributed by atoms with Crippen molar-refractivity contribution in [2.24, 2.45) is 27.2 Å². The fraction of sp³-hybridized carbons (Fsp3) is 0.267. The second kappa shape index (κ2) is 9.17. The number of hydrogen-bond acceptors (Lipinski definition) is 4. The first kappa shape index (κ1) is 22.9. The number of nitrogens with one attached hydrogen (secondary N) is 2. The number of hydrogen-bond donors (Lipinski definition) is 5. The van der Waals surface area contributed by atoms with Crippen LogP contribution in [0, 0.1) is 5.41 Å². The molecule has 0 aliphatic rings. The zero-order chi connectivity index (χ0) is 21.6. The van der Waals surface area contributed by atoms with Gasteiger partial charge in [0.15, 0.2) is 11.5 Å². The van der Waals surface area contributed by atoms with Gasteiger partial charge in [-0.3, -0.25) is 15.0 Å². The summed E-state index contributed by atoms with van der Waals surface area (Å²) in [5, 5.41) is 9.47. The minimum atomic E-state index is -4.66. The first-order chi connectivity index (χ1) is 12.9. The highest BCUT2D eigenvalue weighted by molar-refractivity contribution is 6.67. The molecule has 0 unspecified atom stereocenters. The predicted molar refractivity (Wildman–Crippen MR) is 99.3 cm³/mol. The van der Waals surface area contributed by atoms with E-state index in [2.05, 4.69) is 15.3 Å². The Morgan fingerprint density at radius 1 is 1.29 bits per heavy atom. The zero-order valence-corrected chi connectivity index (χ0v) is 15.2. The van der Waals surface area contributed by atoms with Crippen LogP contribution in [0.5, 0.6) is 0 Å². The number of halogens is 4. The van der Waals surface area contributed by atoms with E-state index in [1.807, 2.05) is 0 Å². The van der Waals surface area contributed by atoms with Crippen LogP contribution in [0.2, 0.25) is 5.02 Å². The summed E-state index contributed by atoms with van der Waals surface area (Å²) >= 11 is 5.62. The smallest absolute Gasteiger partial charge is 0.368 e. The van der Waals surface area contributed by atoms with Crippen molar-refractivity contribution in [3.8, 4) is 0 Å². The van der Waals surface area contributed by atoms with Gasteiger partial charge in [0.2, 0.25) is 11.9 Å². The molecule has 1 aromatic carbocycles. The van der Waals surface area contributed by atoms with Crippen molar-refractivity contribution in [3.05, 3.63) is 28.8 Å². The third kappa shape index (κ3) is 6.23. The van der Waals surface area contributed by atoms with E-state index >= 15 is 0 Å². The molecule has 1 atom stereocenters. The lowest BCUT2D eigenvalue weighted by Crippen LogP contribution is -2.36. The van der Waals surface area contributed by atoms with Gasteiger partial charge in [-0.05, 0) is 24.6 Å². The number of anilines is 1. The Morgan fingerprint density at radius 2 is 1.89 bits per heavy atom. The molecule has 1 aromatic rings. The van der Waals surface area contributed by atoms with Crippen molar-refractivity contribution in [3.63, 3.8) is 0 Å². The van der Waals surface area contributed by atoms with Gasteiger partial charge in [-0.1, -0.05) is 18.5 Å². The maximum Gasteiger partial charge on any atom is 0.417 e. The highest BCUT2D eigenvalue weighted by atomic mass is 35.5. The quantitative estimate of drug-likeness (QED) is 0.345. The van der Waals surface area contributed by atoms with Crippen LogP contribution in [0.3, 0.4) is 0 Å². The molecule has 0 spiro atoms. The lowest BCUT2D eigenvalue weighted by molar-refractivity contribution is -0.137. The number of carbonyl (C=O) groups excluding carboxylic acids is 2. The van der Waals surface area contributed by atoms with Crippen LogP contribution in [0.25, 0.3) is 0 Å². The number of guanidine groups is 1. The molecule has 0 fully saturated rings. The minimum Gasteiger partial charge on any atom is -0.368 e. The SMILES string of the molecule is CC[C@@H](N=C(N)/N=C(/Nc1ccc(C(F)(F)F)c(Cl)c1)C(=N)C(N)=O)C(N)=O. The molecule has 0 radical (unpaired) electrons. The Balaban J connectivity index is 3.28. The Bertz CT molecular complexity index is 853. The van der Waals surface area contributed by atoms with Crippen molar-refractivity contribution in [1.82, 2.24) is 0 Å². The number of amidine groups is 1. The summed E-state index contributed by atoms with van der Waals surface area (Å²) in [5.41, 5.74) is 13.8. The number of rotatable bonds is 6. The summed E-state index contributed by atoms with van der Waals surface area (Å²) in [4.78, 5) is 30.0. The molecule has 8 N–H and O–H groups in total. The Hall–Kier alpha value is -3.15. The van der Waals surface area contributed by atoms with Crippen molar-refractivity contribution in [1.29, 1.82) is 5.41 Å². The van der Waals surface area contributed by atoms with E-state index in [1.165, 1.54) is 0 Å². The fourth-order valence-electron chi connectivity index (χ4n) is 1.88. The van der Waals surface area contributed by atoms with E-state index in [-0.39, 0.29) is 12.1 Å². The molecule has 0 bridgehead atoms. The molecular weight excluding hydrogens is 403 g/mol. The van der Waals surface area contributed by atoms with Gasteiger partial charge in [-0.25, -0.2) is 4.99 Å². The average Bonchev–Trinajstić information content (AvgIpc) is 2.56. The largest absolute Gasteiger partial charge is 0.417 e. The van der Waals surface area contributed by atoms with Gasteiger partial charge in [0, 0.05) is 5.69 Å². The van der Waals surface area contributed by atoms with E-state index in [9.17, 15) is 22.8 Å².